The maximum atomic E-state index is 11.4. The van der Waals surface area contributed by atoms with Crippen molar-refractivity contribution in [1.29, 1.82) is 0 Å². The van der Waals surface area contributed by atoms with Gasteiger partial charge in [-0.1, -0.05) is 44.2 Å². The van der Waals surface area contributed by atoms with E-state index in [0.29, 0.717) is 25.4 Å². The first-order valence-corrected chi connectivity index (χ1v) is 5.74. The minimum atomic E-state index is 0.0937. The number of hydrogen-bond donors (Lipinski definition) is 0. The predicted octanol–water partition coefficient (Wildman–Crippen LogP) is 2.82. The summed E-state index contributed by atoms with van der Waals surface area (Å²) in [5, 5.41) is 0. The standard InChI is InChI=1S/C14H18O2/c1-14(2)8-13(15)12(14)10-16-9-11-6-4-3-5-7-11/h3-7,12H,8-10H2,1-2H3. The Morgan fingerprint density at radius 2 is 2.00 bits per heavy atom. The zero-order valence-corrected chi connectivity index (χ0v) is 9.90. The molecule has 1 aliphatic carbocycles. The van der Waals surface area contributed by atoms with E-state index in [9.17, 15) is 4.79 Å². The predicted molar refractivity (Wildman–Crippen MR) is 63.0 cm³/mol. The summed E-state index contributed by atoms with van der Waals surface area (Å²) in [6.07, 6.45) is 0.701. The van der Waals surface area contributed by atoms with Crippen molar-refractivity contribution >= 4 is 5.78 Å². The molecule has 1 atom stereocenters. The molecule has 0 saturated heterocycles. The number of hydrogen-bond acceptors (Lipinski definition) is 2. The molecule has 1 fully saturated rings. The van der Waals surface area contributed by atoms with E-state index in [1.54, 1.807) is 0 Å². The molecule has 0 aliphatic heterocycles. The molecule has 0 amide bonds. The van der Waals surface area contributed by atoms with E-state index < -0.39 is 0 Å². The van der Waals surface area contributed by atoms with Crippen LogP contribution >= 0.6 is 0 Å². The van der Waals surface area contributed by atoms with E-state index in [-0.39, 0.29) is 11.3 Å². The van der Waals surface area contributed by atoms with Crippen LogP contribution in [0.1, 0.15) is 25.8 Å². The number of carbonyl (C=O) groups is 1. The molecule has 0 spiro atoms. The summed E-state index contributed by atoms with van der Waals surface area (Å²) in [6.45, 7) is 5.41. The van der Waals surface area contributed by atoms with Crippen molar-refractivity contribution in [1.82, 2.24) is 0 Å². The van der Waals surface area contributed by atoms with Crippen LogP contribution in [0.4, 0.5) is 0 Å². The van der Waals surface area contributed by atoms with E-state index in [1.807, 2.05) is 30.3 Å². The lowest BCUT2D eigenvalue weighted by Gasteiger charge is -2.42. The van der Waals surface area contributed by atoms with Crippen molar-refractivity contribution in [3.05, 3.63) is 35.9 Å². The molecule has 0 aromatic heterocycles. The van der Waals surface area contributed by atoms with Crippen LogP contribution < -0.4 is 0 Å². The van der Waals surface area contributed by atoms with E-state index in [2.05, 4.69) is 13.8 Å². The first-order chi connectivity index (χ1) is 7.59. The van der Waals surface area contributed by atoms with Crippen LogP contribution in [-0.2, 0) is 16.1 Å². The fraction of sp³-hybridized carbons (Fsp3) is 0.500. The van der Waals surface area contributed by atoms with Gasteiger partial charge in [0.15, 0.2) is 0 Å². The molecule has 0 N–H and O–H groups in total. The van der Waals surface area contributed by atoms with Gasteiger partial charge in [-0.2, -0.15) is 0 Å². The molecule has 2 heteroatoms. The van der Waals surface area contributed by atoms with E-state index in [0.717, 1.165) is 5.56 Å². The zero-order valence-electron chi connectivity index (χ0n) is 9.90. The van der Waals surface area contributed by atoms with Gasteiger partial charge >= 0.3 is 0 Å². The summed E-state index contributed by atoms with van der Waals surface area (Å²) < 4.78 is 5.61. The number of benzene rings is 1. The maximum Gasteiger partial charge on any atom is 0.139 e. The van der Waals surface area contributed by atoms with Gasteiger partial charge < -0.3 is 4.74 Å². The Labute approximate surface area is 96.6 Å². The molecule has 1 aromatic rings. The van der Waals surface area contributed by atoms with Gasteiger partial charge in [-0.05, 0) is 11.0 Å². The smallest absolute Gasteiger partial charge is 0.139 e. The second-order valence-electron chi connectivity index (χ2n) is 5.18. The third-order valence-electron chi connectivity index (χ3n) is 3.36. The summed E-state index contributed by atoms with van der Waals surface area (Å²) >= 11 is 0. The van der Waals surface area contributed by atoms with Crippen LogP contribution in [-0.4, -0.2) is 12.4 Å². The van der Waals surface area contributed by atoms with Gasteiger partial charge in [-0.3, -0.25) is 4.79 Å². The van der Waals surface area contributed by atoms with Gasteiger partial charge in [0.2, 0.25) is 0 Å². The normalized spacial score (nSPS) is 22.9. The minimum Gasteiger partial charge on any atom is -0.376 e. The van der Waals surface area contributed by atoms with Crippen molar-refractivity contribution in [2.24, 2.45) is 11.3 Å². The van der Waals surface area contributed by atoms with Crippen LogP contribution in [0.15, 0.2) is 30.3 Å². The minimum absolute atomic E-state index is 0.0937. The first kappa shape index (κ1) is 11.3. The van der Waals surface area contributed by atoms with E-state index in [4.69, 9.17) is 4.74 Å². The third kappa shape index (κ3) is 2.33. The Kier molecular flexibility index (Phi) is 3.10. The highest BCUT2D eigenvalue weighted by molar-refractivity contribution is 5.88. The molecular formula is C14H18O2. The van der Waals surface area contributed by atoms with E-state index >= 15 is 0 Å². The Balaban J connectivity index is 1.79. The van der Waals surface area contributed by atoms with Crippen molar-refractivity contribution in [3.8, 4) is 0 Å². The fourth-order valence-electron chi connectivity index (χ4n) is 2.19. The van der Waals surface area contributed by atoms with Crippen LogP contribution in [0.2, 0.25) is 0 Å². The molecular weight excluding hydrogens is 200 g/mol. The summed E-state index contributed by atoms with van der Waals surface area (Å²) in [7, 11) is 0. The van der Waals surface area contributed by atoms with Gasteiger partial charge in [-0.25, -0.2) is 0 Å². The summed E-state index contributed by atoms with van der Waals surface area (Å²) in [5.74, 6) is 0.439. The molecule has 0 heterocycles. The van der Waals surface area contributed by atoms with E-state index in [1.165, 1.54) is 0 Å². The van der Waals surface area contributed by atoms with Crippen molar-refractivity contribution in [2.75, 3.05) is 6.61 Å². The second-order valence-corrected chi connectivity index (χ2v) is 5.18. The summed E-state index contributed by atoms with van der Waals surface area (Å²) in [4.78, 5) is 11.4. The lowest BCUT2D eigenvalue weighted by Crippen LogP contribution is -2.46. The Bertz CT molecular complexity index is 368. The van der Waals surface area contributed by atoms with Gasteiger partial charge in [0.1, 0.15) is 5.78 Å². The van der Waals surface area contributed by atoms with Gasteiger partial charge in [0.05, 0.1) is 13.2 Å². The van der Waals surface area contributed by atoms with Crippen LogP contribution in [0.3, 0.4) is 0 Å². The van der Waals surface area contributed by atoms with Gasteiger partial charge in [0, 0.05) is 12.3 Å². The number of carbonyl (C=O) groups excluding carboxylic acids is 1. The average Bonchev–Trinajstić information content (AvgIpc) is 2.25. The van der Waals surface area contributed by atoms with Crippen molar-refractivity contribution in [3.63, 3.8) is 0 Å². The maximum absolute atomic E-state index is 11.4. The SMILES string of the molecule is CC1(C)CC(=O)C1COCc1ccccc1. The molecule has 1 aliphatic rings. The molecule has 1 saturated carbocycles. The van der Waals surface area contributed by atoms with Crippen molar-refractivity contribution in [2.45, 2.75) is 26.9 Å². The second kappa shape index (κ2) is 4.38. The molecule has 16 heavy (non-hydrogen) atoms. The average molecular weight is 218 g/mol. The Morgan fingerprint density at radius 3 is 2.56 bits per heavy atom. The first-order valence-electron chi connectivity index (χ1n) is 5.74. The number of ether oxygens (including phenoxy) is 1. The topological polar surface area (TPSA) is 26.3 Å². The van der Waals surface area contributed by atoms with Crippen LogP contribution in [0.5, 0.6) is 0 Å². The third-order valence-corrected chi connectivity index (χ3v) is 3.36. The zero-order chi connectivity index (χ0) is 11.6. The fourth-order valence-corrected chi connectivity index (χ4v) is 2.19. The molecule has 86 valence electrons. The quantitative estimate of drug-likeness (QED) is 0.776. The molecule has 2 rings (SSSR count). The monoisotopic (exact) mass is 218 g/mol. The molecule has 0 radical (unpaired) electrons. The lowest BCUT2D eigenvalue weighted by atomic mass is 9.62. The highest BCUT2D eigenvalue weighted by Gasteiger charge is 2.46. The molecule has 0 bridgehead atoms. The molecule has 1 unspecified atom stereocenters. The molecule has 2 nitrogen and oxygen atoms in total. The number of ketones is 1. The molecule has 1 aromatic carbocycles. The van der Waals surface area contributed by atoms with Crippen LogP contribution in [0.25, 0.3) is 0 Å². The summed E-state index contributed by atoms with van der Waals surface area (Å²) in [5.41, 5.74) is 1.29. The highest BCUT2D eigenvalue weighted by atomic mass is 16.5. The van der Waals surface area contributed by atoms with Crippen molar-refractivity contribution < 1.29 is 9.53 Å². The Hall–Kier alpha value is -1.15. The highest BCUT2D eigenvalue weighted by Crippen LogP contribution is 2.42. The van der Waals surface area contributed by atoms with Gasteiger partial charge in [0.25, 0.3) is 0 Å². The van der Waals surface area contributed by atoms with Gasteiger partial charge in [-0.15, -0.1) is 0 Å². The lowest BCUT2D eigenvalue weighted by molar-refractivity contribution is -0.145. The summed E-state index contributed by atoms with van der Waals surface area (Å²) in [6, 6.07) is 10.1. The largest absolute Gasteiger partial charge is 0.376 e. The van der Waals surface area contributed by atoms with Crippen LogP contribution in [0, 0.1) is 11.3 Å². The Morgan fingerprint density at radius 1 is 1.31 bits per heavy atom. The number of Topliss-reactive ketones (excluding diaryl/α,β-unsaturated/α-hetero) is 1. The number of rotatable bonds is 4.